The molecule has 3 heteroatoms. The topological polar surface area (TPSA) is 43.1 Å². The molecular formula is C8H7NO2. The largest absolute Gasteiger partial charge is 0.269 e. The summed E-state index contributed by atoms with van der Waals surface area (Å²) in [6.07, 6.45) is 1.31. The molecule has 0 amide bonds. The Balaban J connectivity index is 2.94. The summed E-state index contributed by atoms with van der Waals surface area (Å²) < 4.78 is 13.7. The van der Waals surface area contributed by atoms with Crippen molar-refractivity contribution in [1.82, 2.24) is 0 Å². The quantitative estimate of drug-likeness (QED) is 0.480. The maximum atomic E-state index is 10.3. The fourth-order valence-electron chi connectivity index (χ4n) is 0.692. The van der Waals surface area contributed by atoms with E-state index in [4.69, 9.17) is 2.74 Å². The highest BCUT2D eigenvalue weighted by Crippen LogP contribution is 2.11. The number of non-ortho nitro benzene ring substituents is 1. The van der Waals surface area contributed by atoms with Crippen LogP contribution >= 0.6 is 0 Å². The third-order valence-electron chi connectivity index (χ3n) is 1.27. The van der Waals surface area contributed by atoms with Crippen LogP contribution in [0.25, 0.3) is 6.08 Å². The molecule has 0 N–H and O–H groups in total. The van der Waals surface area contributed by atoms with E-state index in [9.17, 15) is 10.1 Å². The lowest BCUT2D eigenvalue weighted by Crippen LogP contribution is -1.86. The van der Waals surface area contributed by atoms with Crippen molar-refractivity contribution >= 4 is 11.8 Å². The van der Waals surface area contributed by atoms with Gasteiger partial charge in [0.15, 0.2) is 0 Å². The van der Waals surface area contributed by atoms with Crippen molar-refractivity contribution in [2.45, 2.75) is 0 Å². The lowest BCUT2D eigenvalue weighted by Gasteiger charge is -1.91. The molecule has 56 valence electrons. The minimum Gasteiger partial charge on any atom is -0.258 e. The number of hydrogen-bond donors (Lipinski definition) is 0. The Bertz CT molecular complexity index is 342. The van der Waals surface area contributed by atoms with E-state index in [2.05, 4.69) is 0 Å². The molecule has 0 radical (unpaired) electrons. The Morgan fingerprint density at radius 3 is 2.64 bits per heavy atom. The van der Waals surface area contributed by atoms with E-state index in [1.807, 2.05) is 0 Å². The van der Waals surface area contributed by atoms with Crippen LogP contribution in [0, 0.1) is 10.1 Å². The van der Waals surface area contributed by atoms with E-state index in [1.165, 1.54) is 30.3 Å². The molecule has 0 aliphatic carbocycles. The number of nitrogens with zero attached hydrogens (tertiary/aromatic N) is 1. The van der Waals surface area contributed by atoms with Gasteiger partial charge in [-0.1, -0.05) is 12.6 Å². The van der Waals surface area contributed by atoms with Crippen molar-refractivity contribution < 1.29 is 7.66 Å². The number of nitro benzene ring substituents is 1. The monoisotopic (exact) mass is 151 g/mol. The van der Waals surface area contributed by atoms with Crippen LogP contribution in [0.2, 0.25) is 0 Å². The summed E-state index contributed by atoms with van der Waals surface area (Å²) in [7, 11) is 0. The molecule has 1 rings (SSSR count). The van der Waals surface area contributed by atoms with Crippen LogP contribution in [-0.2, 0) is 0 Å². The van der Waals surface area contributed by atoms with E-state index in [1.54, 1.807) is 0 Å². The molecule has 0 saturated carbocycles. The fraction of sp³-hybridized carbons (Fsp3) is 0. The number of rotatable bonds is 2. The van der Waals surface area contributed by atoms with Crippen LogP contribution in [0.4, 0.5) is 5.69 Å². The second-order valence-corrected chi connectivity index (χ2v) is 1.99. The van der Waals surface area contributed by atoms with E-state index >= 15 is 0 Å². The zero-order valence-corrected chi connectivity index (χ0v) is 5.65. The zero-order valence-electron chi connectivity index (χ0n) is 7.65. The average Bonchev–Trinajstić information content (AvgIpc) is 2.04. The van der Waals surface area contributed by atoms with E-state index in [0.717, 1.165) is 0 Å². The predicted molar refractivity (Wildman–Crippen MR) is 43.2 cm³/mol. The van der Waals surface area contributed by atoms with E-state index < -0.39 is 4.92 Å². The molecule has 11 heavy (non-hydrogen) atoms. The van der Waals surface area contributed by atoms with Crippen molar-refractivity contribution in [3.8, 4) is 0 Å². The molecule has 0 heterocycles. The molecule has 3 nitrogen and oxygen atoms in total. The number of benzene rings is 1. The summed E-state index contributed by atoms with van der Waals surface area (Å²) in [6, 6.07) is 5.69. The van der Waals surface area contributed by atoms with E-state index in [-0.39, 0.29) is 12.2 Å². The summed E-state index contributed by atoms with van der Waals surface area (Å²) in [6.45, 7) is -0.325. The Labute approximate surface area is 66.9 Å². The molecule has 0 fully saturated rings. The molecule has 0 spiro atoms. The van der Waals surface area contributed by atoms with Crippen LogP contribution < -0.4 is 0 Å². The van der Waals surface area contributed by atoms with Gasteiger partial charge in [0.2, 0.25) is 0 Å². The molecule has 1 aromatic rings. The minimum atomic E-state index is -0.490. The normalized spacial score (nSPS) is 11.3. The van der Waals surface area contributed by atoms with Gasteiger partial charge in [-0.05, 0) is 17.7 Å². The Kier molecular flexibility index (Phi) is 1.37. The molecule has 0 atom stereocenters. The third-order valence-corrected chi connectivity index (χ3v) is 1.27. The van der Waals surface area contributed by atoms with Gasteiger partial charge in [0.05, 0.1) is 7.66 Å². The lowest BCUT2D eigenvalue weighted by atomic mass is 10.2. The highest BCUT2D eigenvalue weighted by molar-refractivity contribution is 5.49. The molecule has 0 aliphatic heterocycles. The van der Waals surface area contributed by atoms with Gasteiger partial charge in [-0.2, -0.15) is 0 Å². The first-order valence-corrected chi connectivity index (χ1v) is 2.99. The molecular weight excluding hydrogens is 142 g/mol. The first-order valence-electron chi connectivity index (χ1n) is 3.99. The van der Waals surface area contributed by atoms with Crippen LogP contribution in [0.15, 0.2) is 30.8 Å². The first-order chi connectivity index (χ1) is 6.09. The Morgan fingerprint density at radius 2 is 2.18 bits per heavy atom. The Hall–Kier alpha value is -1.64. The molecule has 1 aromatic carbocycles. The van der Waals surface area contributed by atoms with Gasteiger partial charge in [-0.15, -0.1) is 0 Å². The SMILES string of the molecule is [2H]C([2H])=Cc1ccc([N+](=O)[O-])cc1. The van der Waals surface area contributed by atoms with Crippen molar-refractivity contribution in [3.05, 3.63) is 46.5 Å². The number of nitro groups is 1. The van der Waals surface area contributed by atoms with Gasteiger partial charge in [-0.25, -0.2) is 0 Å². The summed E-state index contributed by atoms with van der Waals surface area (Å²) in [5, 5.41) is 10.3. The van der Waals surface area contributed by atoms with Gasteiger partial charge < -0.3 is 0 Å². The molecule has 0 saturated heterocycles. The summed E-state index contributed by atoms with van der Waals surface area (Å²) in [5.41, 5.74) is 0.624. The van der Waals surface area contributed by atoms with Crippen LogP contribution in [0.5, 0.6) is 0 Å². The zero-order chi connectivity index (χ0) is 9.84. The van der Waals surface area contributed by atoms with Crippen LogP contribution in [0.3, 0.4) is 0 Å². The molecule has 0 bridgehead atoms. The maximum Gasteiger partial charge on any atom is 0.269 e. The predicted octanol–water partition coefficient (Wildman–Crippen LogP) is 2.24. The third kappa shape index (κ3) is 1.64. The Morgan fingerprint density at radius 1 is 1.55 bits per heavy atom. The lowest BCUT2D eigenvalue weighted by molar-refractivity contribution is -0.384. The average molecular weight is 151 g/mol. The fourth-order valence-corrected chi connectivity index (χ4v) is 0.692. The second-order valence-electron chi connectivity index (χ2n) is 1.99. The van der Waals surface area contributed by atoms with Gasteiger partial charge in [0.25, 0.3) is 5.69 Å². The highest BCUT2D eigenvalue weighted by Gasteiger charge is 2.01. The highest BCUT2D eigenvalue weighted by atomic mass is 16.6. The summed E-state index contributed by atoms with van der Waals surface area (Å²) >= 11 is 0. The van der Waals surface area contributed by atoms with Gasteiger partial charge in [0, 0.05) is 12.1 Å². The van der Waals surface area contributed by atoms with Gasteiger partial charge in [-0.3, -0.25) is 10.1 Å². The smallest absolute Gasteiger partial charge is 0.258 e. The van der Waals surface area contributed by atoms with Crippen molar-refractivity contribution in [1.29, 1.82) is 0 Å². The number of hydrogen-bond acceptors (Lipinski definition) is 2. The van der Waals surface area contributed by atoms with Crippen LogP contribution in [-0.4, -0.2) is 4.92 Å². The van der Waals surface area contributed by atoms with Crippen molar-refractivity contribution in [2.24, 2.45) is 0 Å². The standard InChI is InChI=1S/C8H7NO2/c1-2-7-3-5-8(6-4-7)9(10)11/h2-6H,1H2/i1D2. The second kappa shape index (κ2) is 2.96. The summed E-state index contributed by atoms with van der Waals surface area (Å²) in [4.78, 5) is 9.76. The van der Waals surface area contributed by atoms with E-state index in [0.29, 0.717) is 5.56 Å². The molecule has 0 unspecified atom stereocenters. The molecule has 0 aromatic heterocycles. The molecule has 0 aliphatic rings. The maximum absolute atomic E-state index is 10.3. The summed E-state index contributed by atoms with van der Waals surface area (Å²) in [5.74, 6) is 0. The van der Waals surface area contributed by atoms with Crippen LogP contribution in [0.1, 0.15) is 8.30 Å². The van der Waals surface area contributed by atoms with Crippen molar-refractivity contribution in [3.63, 3.8) is 0 Å². The minimum absolute atomic E-state index is 0.00802. The van der Waals surface area contributed by atoms with Gasteiger partial charge >= 0.3 is 0 Å². The van der Waals surface area contributed by atoms with Gasteiger partial charge in [0.1, 0.15) is 0 Å². The first kappa shape index (κ1) is 5.07. The van der Waals surface area contributed by atoms with Crippen molar-refractivity contribution in [2.75, 3.05) is 0 Å².